The molecule has 0 saturated carbocycles. The van der Waals surface area contributed by atoms with Crippen LogP contribution in [0.15, 0.2) is 60.8 Å². The Labute approximate surface area is 181 Å². The zero-order chi connectivity index (χ0) is 22.9. The Bertz CT molecular complexity index is 1140. The second-order valence-corrected chi connectivity index (χ2v) is 7.27. The molecule has 1 aromatic heterocycles. The smallest absolute Gasteiger partial charge is 0.418 e. The van der Waals surface area contributed by atoms with Crippen molar-refractivity contribution in [2.75, 3.05) is 26.2 Å². The zero-order valence-corrected chi connectivity index (χ0v) is 16.8. The number of rotatable bonds is 3. The summed E-state index contributed by atoms with van der Waals surface area (Å²) in [5.74, 6) is -1.28. The highest BCUT2D eigenvalue weighted by molar-refractivity contribution is 5.96. The number of hydrogen-bond acceptors (Lipinski definition) is 4. The average Bonchev–Trinajstić information content (AvgIpc) is 3.19. The Balaban J connectivity index is 1.49. The van der Waals surface area contributed by atoms with Gasteiger partial charge < -0.3 is 14.9 Å². The van der Waals surface area contributed by atoms with Crippen LogP contribution in [0.3, 0.4) is 0 Å². The van der Waals surface area contributed by atoms with Crippen LogP contribution in [-0.4, -0.2) is 62.7 Å². The van der Waals surface area contributed by atoms with Gasteiger partial charge in [-0.3, -0.25) is 9.59 Å². The van der Waals surface area contributed by atoms with Gasteiger partial charge in [-0.15, -0.1) is 0 Å². The lowest BCUT2D eigenvalue weighted by Gasteiger charge is -2.34. The van der Waals surface area contributed by atoms with Crippen molar-refractivity contribution in [2.24, 2.45) is 0 Å². The van der Waals surface area contributed by atoms with Gasteiger partial charge in [0.2, 0.25) is 0 Å². The van der Waals surface area contributed by atoms with Gasteiger partial charge in [0.15, 0.2) is 11.4 Å². The van der Waals surface area contributed by atoms with E-state index in [1.165, 1.54) is 23.1 Å². The van der Waals surface area contributed by atoms with Crippen LogP contribution >= 0.6 is 0 Å². The minimum atomic E-state index is -4.62. The first-order valence-electron chi connectivity index (χ1n) is 9.84. The summed E-state index contributed by atoms with van der Waals surface area (Å²) < 4.78 is 40.8. The number of carbonyl (C=O) groups is 2. The summed E-state index contributed by atoms with van der Waals surface area (Å²) in [6.07, 6.45) is -3.64. The zero-order valence-electron chi connectivity index (χ0n) is 16.8. The van der Waals surface area contributed by atoms with E-state index in [-0.39, 0.29) is 43.5 Å². The largest absolute Gasteiger partial charge is 0.504 e. The SMILES string of the molecule is O=C(c1ccccc1)N1CCN(C(=O)c2nn(-c3ccccc3C(F)(F)F)cc2O)CC1. The van der Waals surface area contributed by atoms with E-state index in [1.54, 1.807) is 29.2 Å². The molecule has 2 aromatic carbocycles. The van der Waals surface area contributed by atoms with Crippen molar-refractivity contribution < 1.29 is 27.9 Å². The van der Waals surface area contributed by atoms with Crippen LogP contribution in [0.5, 0.6) is 5.75 Å². The van der Waals surface area contributed by atoms with Crippen LogP contribution in [0, 0.1) is 0 Å². The van der Waals surface area contributed by atoms with Gasteiger partial charge in [0, 0.05) is 31.7 Å². The number of piperazine rings is 1. The Hall–Kier alpha value is -3.82. The van der Waals surface area contributed by atoms with Crippen molar-refractivity contribution in [1.29, 1.82) is 0 Å². The molecule has 0 atom stereocenters. The maximum atomic E-state index is 13.3. The molecule has 3 aromatic rings. The van der Waals surface area contributed by atoms with Gasteiger partial charge in [-0.1, -0.05) is 30.3 Å². The Kier molecular flexibility index (Phi) is 5.60. The number of nitrogens with zero attached hydrogens (tertiary/aromatic N) is 4. The van der Waals surface area contributed by atoms with Crippen LogP contribution in [0.1, 0.15) is 26.4 Å². The van der Waals surface area contributed by atoms with Gasteiger partial charge >= 0.3 is 6.18 Å². The Morgan fingerprint density at radius 1 is 0.844 bits per heavy atom. The van der Waals surface area contributed by atoms with Crippen LogP contribution in [0.25, 0.3) is 5.69 Å². The molecule has 0 radical (unpaired) electrons. The van der Waals surface area contributed by atoms with Crippen molar-refractivity contribution >= 4 is 11.8 Å². The minimum absolute atomic E-state index is 0.145. The number of amides is 2. The van der Waals surface area contributed by atoms with Gasteiger partial charge in [0.05, 0.1) is 17.4 Å². The predicted molar refractivity (Wildman–Crippen MR) is 108 cm³/mol. The summed E-state index contributed by atoms with van der Waals surface area (Å²) in [6.45, 7) is 1.00. The summed E-state index contributed by atoms with van der Waals surface area (Å²) in [4.78, 5) is 28.4. The van der Waals surface area contributed by atoms with E-state index >= 15 is 0 Å². The van der Waals surface area contributed by atoms with Crippen molar-refractivity contribution in [1.82, 2.24) is 19.6 Å². The molecule has 4 rings (SSSR count). The summed E-state index contributed by atoms with van der Waals surface area (Å²) in [5, 5.41) is 14.1. The second-order valence-electron chi connectivity index (χ2n) is 7.27. The number of halogens is 3. The lowest BCUT2D eigenvalue weighted by molar-refractivity contribution is -0.137. The molecule has 32 heavy (non-hydrogen) atoms. The predicted octanol–water partition coefficient (Wildman–Crippen LogP) is 3.19. The first kappa shape index (κ1) is 21.4. The molecular formula is C22H19F3N4O3. The van der Waals surface area contributed by atoms with Gasteiger partial charge in [-0.05, 0) is 24.3 Å². The normalized spacial score (nSPS) is 14.5. The molecule has 0 bridgehead atoms. The number of aromatic hydroxyl groups is 1. The van der Waals surface area contributed by atoms with Crippen molar-refractivity contribution in [2.45, 2.75) is 6.18 Å². The van der Waals surface area contributed by atoms with Crippen LogP contribution in [-0.2, 0) is 6.18 Å². The van der Waals surface area contributed by atoms with Crippen molar-refractivity contribution in [3.63, 3.8) is 0 Å². The number of benzene rings is 2. The molecule has 7 nitrogen and oxygen atoms in total. The highest BCUT2D eigenvalue weighted by atomic mass is 19.4. The molecule has 0 spiro atoms. The Morgan fingerprint density at radius 3 is 2.03 bits per heavy atom. The molecule has 0 unspecified atom stereocenters. The number of para-hydroxylation sites is 1. The fourth-order valence-corrected chi connectivity index (χ4v) is 3.58. The van der Waals surface area contributed by atoms with Crippen molar-refractivity contribution in [3.8, 4) is 11.4 Å². The highest BCUT2D eigenvalue weighted by Crippen LogP contribution is 2.34. The number of hydrogen-bond donors (Lipinski definition) is 1. The molecule has 1 fully saturated rings. The highest BCUT2D eigenvalue weighted by Gasteiger charge is 2.35. The number of aromatic nitrogens is 2. The third-order valence-electron chi connectivity index (χ3n) is 5.23. The monoisotopic (exact) mass is 444 g/mol. The van der Waals surface area contributed by atoms with Crippen molar-refractivity contribution in [3.05, 3.63) is 77.6 Å². The minimum Gasteiger partial charge on any atom is -0.504 e. The molecular weight excluding hydrogens is 425 g/mol. The third-order valence-corrected chi connectivity index (χ3v) is 5.23. The molecule has 1 aliphatic heterocycles. The van der Waals surface area contributed by atoms with E-state index in [4.69, 9.17) is 0 Å². The lowest BCUT2D eigenvalue weighted by Crippen LogP contribution is -2.50. The summed E-state index contributed by atoms with van der Waals surface area (Å²) in [5.41, 5.74) is -1.03. The quantitative estimate of drug-likeness (QED) is 0.673. The molecule has 1 saturated heterocycles. The van der Waals surface area contributed by atoms with Gasteiger partial charge in [-0.25, -0.2) is 4.68 Å². The molecule has 2 amide bonds. The lowest BCUT2D eigenvalue weighted by atomic mass is 10.2. The number of carbonyl (C=O) groups excluding carboxylic acids is 2. The molecule has 1 aliphatic rings. The van der Waals surface area contributed by atoms with E-state index in [2.05, 4.69) is 5.10 Å². The van der Waals surface area contributed by atoms with Crippen LogP contribution in [0.4, 0.5) is 13.2 Å². The maximum absolute atomic E-state index is 13.3. The van der Waals surface area contributed by atoms with Gasteiger partial charge in [0.25, 0.3) is 11.8 Å². The summed E-state index contributed by atoms with van der Waals surface area (Å²) in [7, 11) is 0. The van der Waals surface area contributed by atoms with E-state index in [9.17, 15) is 27.9 Å². The van der Waals surface area contributed by atoms with Crippen LogP contribution in [0.2, 0.25) is 0 Å². The van der Waals surface area contributed by atoms with Crippen LogP contribution < -0.4 is 0 Å². The average molecular weight is 444 g/mol. The molecule has 10 heteroatoms. The van der Waals surface area contributed by atoms with Gasteiger partial charge in [0.1, 0.15) is 0 Å². The Morgan fingerprint density at radius 2 is 1.41 bits per heavy atom. The standard InChI is InChI=1S/C22H19F3N4O3/c23-22(24,25)16-8-4-5-9-17(16)29-14-18(30)19(26-29)21(32)28-12-10-27(11-13-28)20(31)15-6-2-1-3-7-15/h1-9,14,30H,10-13H2. The fraction of sp³-hybridized carbons (Fsp3) is 0.227. The summed E-state index contributed by atoms with van der Waals surface area (Å²) >= 11 is 0. The van der Waals surface area contributed by atoms with E-state index in [1.807, 2.05) is 6.07 Å². The van der Waals surface area contributed by atoms with E-state index in [0.29, 0.717) is 5.56 Å². The third kappa shape index (κ3) is 4.16. The maximum Gasteiger partial charge on any atom is 0.418 e. The first-order chi connectivity index (χ1) is 15.3. The first-order valence-corrected chi connectivity index (χ1v) is 9.84. The molecule has 2 heterocycles. The van der Waals surface area contributed by atoms with E-state index < -0.39 is 23.4 Å². The topological polar surface area (TPSA) is 78.7 Å². The fourth-order valence-electron chi connectivity index (χ4n) is 3.58. The molecule has 166 valence electrons. The van der Waals surface area contributed by atoms with E-state index in [0.717, 1.165) is 16.9 Å². The molecule has 0 aliphatic carbocycles. The van der Waals surface area contributed by atoms with Gasteiger partial charge in [-0.2, -0.15) is 18.3 Å². The second kappa shape index (κ2) is 8.37. The molecule has 1 N–H and O–H groups in total. The summed E-state index contributed by atoms with van der Waals surface area (Å²) in [6, 6.07) is 13.5. The number of alkyl halides is 3.